The summed E-state index contributed by atoms with van der Waals surface area (Å²) < 4.78 is 7.57. The van der Waals surface area contributed by atoms with Gasteiger partial charge in [-0.2, -0.15) is 4.99 Å². The number of aromatic nitrogens is 1. The van der Waals surface area contributed by atoms with Gasteiger partial charge in [0.05, 0.1) is 6.54 Å². The molecule has 1 aliphatic rings. The van der Waals surface area contributed by atoms with Crippen molar-refractivity contribution in [2.75, 3.05) is 0 Å². The molecular weight excluding hydrogens is 398 g/mol. The molecule has 0 saturated heterocycles. The number of thiazole rings is 1. The number of carbonyl (C=O) groups excluding carboxylic acids is 2. The lowest BCUT2D eigenvalue weighted by molar-refractivity contribution is 0.0920. The maximum absolute atomic E-state index is 12.5. The molecule has 1 saturated carbocycles. The SMILES string of the molecule is Cc1csc(=NC(=O)c2cccc(Cl)c2)n1Cc1ccc(C(=O)NC2CC2)o1. The van der Waals surface area contributed by atoms with Crippen LogP contribution in [0.25, 0.3) is 0 Å². The molecule has 1 N–H and O–H groups in total. The van der Waals surface area contributed by atoms with Gasteiger partial charge in [0.15, 0.2) is 10.6 Å². The van der Waals surface area contributed by atoms with Crippen molar-refractivity contribution in [3.63, 3.8) is 0 Å². The molecule has 3 aromatic rings. The summed E-state index contributed by atoms with van der Waals surface area (Å²) in [6.45, 7) is 2.32. The van der Waals surface area contributed by atoms with E-state index in [9.17, 15) is 9.59 Å². The van der Waals surface area contributed by atoms with Gasteiger partial charge in [0.2, 0.25) is 0 Å². The standard InChI is InChI=1S/C20H18ClN3O3S/c1-12-11-28-20(23-18(25)13-3-2-4-14(21)9-13)24(12)10-16-7-8-17(27-16)19(26)22-15-5-6-15/h2-4,7-9,11,15H,5-6,10H2,1H3,(H,22,26). The van der Waals surface area contributed by atoms with Crippen LogP contribution in [0, 0.1) is 6.92 Å². The number of aryl methyl sites for hydroxylation is 1. The lowest BCUT2D eigenvalue weighted by Gasteiger charge is -2.04. The third-order valence-corrected chi connectivity index (χ3v) is 5.59. The Bertz CT molecular complexity index is 1110. The first-order valence-electron chi connectivity index (χ1n) is 8.89. The summed E-state index contributed by atoms with van der Waals surface area (Å²) >= 11 is 7.33. The molecular formula is C20H18ClN3O3S. The van der Waals surface area contributed by atoms with Crippen LogP contribution in [0.5, 0.6) is 0 Å². The topological polar surface area (TPSA) is 76.6 Å². The second-order valence-electron chi connectivity index (χ2n) is 6.69. The number of amides is 2. The first kappa shape index (κ1) is 18.7. The minimum Gasteiger partial charge on any atom is -0.454 e. The van der Waals surface area contributed by atoms with Crippen LogP contribution >= 0.6 is 22.9 Å². The number of nitrogens with zero attached hydrogens (tertiary/aromatic N) is 2. The third kappa shape index (κ3) is 4.26. The maximum Gasteiger partial charge on any atom is 0.287 e. The minimum atomic E-state index is -0.359. The number of nitrogens with one attached hydrogen (secondary N) is 1. The van der Waals surface area contributed by atoms with Crippen LogP contribution < -0.4 is 10.1 Å². The average Bonchev–Trinajstić information content (AvgIpc) is 3.25. The Labute approximate surface area is 170 Å². The van der Waals surface area contributed by atoms with E-state index in [1.165, 1.54) is 11.3 Å². The molecule has 0 atom stereocenters. The number of benzene rings is 1. The smallest absolute Gasteiger partial charge is 0.287 e. The van der Waals surface area contributed by atoms with Gasteiger partial charge >= 0.3 is 0 Å². The molecule has 2 amide bonds. The van der Waals surface area contributed by atoms with Crippen LogP contribution in [-0.2, 0) is 6.54 Å². The zero-order valence-electron chi connectivity index (χ0n) is 15.1. The highest BCUT2D eigenvalue weighted by Crippen LogP contribution is 2.20. The van der Waals surface area contributed by atoms with Crippen molar-refractivity contribution in [1.82, 2.24) is 9.88 Å². The van der Waals surface area contributed by atoms with Crippen LogP contribution in [0.3, 0.4) is 0 Å². The molecule has 0 unspecified atom stereocenters. The predicted molar refractivity (Wildman–Crippen MR) is 107 cm³/mol. The van der Waals surface area contributed by atoms with Crippen LogP contribution in [0.2, 0.25) is 5.02 Å². The lowest BCUT2D eigenvalue weighted by atomic mass is 10.2. The van der Waals surface area contributed by atoms with Gasteiger partial charge in [0.25, 0.3) is 11.8 Å². The number of furan rings is 1. The summed E-state index contributed by atoms with van der Waals surface area (Å²) in [6, 6.07) is 10.4. The molecule has 144 valence electrons. The van der Waals surface area contributed by atoms with Crippen LogP contribution in [0.15, 0.2) is 51.2 Å². The monoisotopic (exact) mass is 415 g/mol. The average molecular weight is 416 g/mol. The van der Waals surface area contributed by atoms with Crippen molar-refractivity contribution in [1.29, 1.82) is 0 Å². The van der Waals surface area contributed by atoms with Crippen molar-refractivity contribution < 1.29 is 14.0 Å². The Morgan fingerprint density at radius 3 is 2.89 bits per heavy atom. The maximum atomic E-state index is 12.5. The lowest BCUT2D eigenvalue weighted by Crippen LogP contribution is -2.24. The van der Waals surface area contributed by atoms with E-state index in [0.29, 0.717) is 33.5 Å². The third-order valence-electron chi connectivity index (χ3n) is 4.37. The number of hydrogen-bond donors (Lipinski definition) is 1. The van der Waals surface area contributed by atoms with E-state index in [4.69, 9.17) is 16.0 Å². The molecule has 0 spiro atoms. The van der Waals surface area contributed by atoms with Gasteiger partial charge < -0.3 is 14.3 Å². The van der Waals surface area contributed by atoms with E-state index in [2.05, 4.69) is 10.3 Å². The Kier molecular flexibility index (Phi) is 5.19. The Morgan fingerprint density at radius 1 is 1.32 bits per heavy atom. The summed E-state index contributed by atoms with van der Waals surface area (Å²) in [7, 11) is 0. The van der Waals surface area contributed by atoms with Crippen LogP contribution in [0.1, 0.15) is 45.2 Å². The van der Waals surface area contributed by atoms with E-state index >= 15 is 0 Å². The van der Waals surface area contributed by atoms with E-state index < -0.39 is 0 Å². The second kappa shape index (κ2) is 7.77. The summed E-state index contributed by atoms with van der Waals surface area (Å²) in [5.74, 6) is 0.367. The van der Waals surface area contributed by atoms with Crippen molar-refractivity contribution in [2.45, 2.75) is 32.4 Å². The quantitative estimate of drug-likeness (QED) is 0.688. The summed E-state index contributed by atoms with van der Waals surface area (Å²) in [5.41, 5.74) is 1.38. The van der Waals surface area contributed by atoms with Crippen molar-refractivity contribution in [2.24, 2.45) is 4.99 Å². The van der Waals surface area contributed by atoms with Gasteiger partial charge in [-0.05, 0) is 50.1 Å². The number of halogens is 1. The molecule has 0 aliphatic heterocycles. The van der Waals surface area contributed by atoms with E-state index in [1.807, 2.05) is 16.9 Å². The van der Waals surface area contributed by atoms with E-state index in [1.54, 1.807) is 36.4 Å². The predicted octanol–water partition coefficient (Wildman–Crippen LogP) is 3.79. The van der Waals surface area contributed by atoms with E-state index in [-0.39, 0.29) is 17.9 Å². The Morgan fingerprint density at radius 2 is 2.14 bits per heavy atom. The Hall–Kier alpha value is -2.64. The highest BCUT2D eigenvalue weighted by molar-refractivity contribution is 7.07. The fourth-order valence-electron chi connectivity index (χ4n) is 2.69. The molecule has 6 nitrogen and oxygen atoms in total. The van der Waals surface area contributed by atoms with Gasteiger partial charge in [-0.25, -0.2) is 0 Å². The first-order chi connectivity index (χ1) is 13.5. The molecule has 0 bridgehead atoms. The fourth-order valence-corrected chi connectivity index (χ4v) is 3.76. The number of hydrogen-bond acceptors (Lipinski definition) is 4. The molecule has 28 heavy (non-hydrogen) atoms. The summed E-state index contributed by atoms with van der Waals surface area (Å²) in [5, 5.41) is 5.32. The summed E-state index contributed by atoms with van der Waals surface area (Å²) in [6.07, 6.45) is 2.05. The van der Waals surface area contributed by atoms with Crippen molar-refractivity contribution >= 4 is 34.8 Å². The van der Waals surface area contributed by atoms with Gasteiger partial charge in [-0.15, -0.1) is 11.3 Å². The molecule has 2 heterocycles. The number of carbonyl (C=O) groups is 2. The van der Waals surface area contributed by atoms with Crippen LogP contribution in [-0.4, -0.2) is 22.4 Å². The molecule has 4 rings (SSSR count). The zero-order valence-corrected chi connectivity index (χ0v) is 16.7. The normalized spacial score (nSPS) is 14.3. The fraction of sp³-hybridized carbons (Fsp3) is 0.250. The molecule has 1 aliphatic carbocycles. The van der Waals surface area contributed by atoms with E-state index in [0.717, 1.165) is 18.5 Å². The summed E-state index contributed by atoms with van der Waals surface area (Å²) in [4.78, 5) is 29.4. The van der Waals surface area contributed by atoms with Crippen molar-refractivity contribution in [3.05, 3.63) is 74.4 Å². The number of rotatable bonds is 5. The highest BCUT2D eigenvalue weighted by atomic mass is 35.5. The van der Waals surface area contributed by atoms with Crippen molar-refractivity contribution in [3.8, 4) is 0 Å². The highest BCUT2D eigenvalue weighted by Gasteiger charge is 2.25. The molecule has 2 aromatic heterocycles. The molecule has 8 heteroatoms. The van der Waals surface area contributed by atoms with Gasteiger partial charge in [0, 0.05) is 27.7 Å². The largest absolute Gasteiger partial charge is 0.454 e. The molecule has 1 fully saturated rings. The van der Waals surface area contributed by atoms with Gasteiger partial charge in [-0.1, -0.05) is 17.7 Å². The Balaban J connectivity index is 1.56. The minimum absolute atomic E-state index is 0.193. The molecule has 1 aromatic carbocycles. The second-order valence-corrected chi connectivity index (χ2v) is 7.96. The van der Waals surface area contributed by atoms with Gasteiger partial charge in [-0.3, -0.25) is 9.59 Å². The first-order valence-corrected chi connectivity index (χ1v) is 10.1. The van der Waals surface area contributed by atoms with Gasteiger partial charge in [0.1, 0.15) is 5.76 Å². The zero-order chi connectivity index (χ0) is 19.7. The molecule has 0 radical (unpaired) electrons. The van der Waals surface area contributed by atoms with Crippen LogP contribution in [0.4, 0.5) is 0 Å².